The van der Waals surface area contributed by atoms with E-state index >= 15 is 0 Å². The molecule has 0 unspecified atom stereocenters. The topological polar surface area (TPSA) is 54.5 Å². The fraction of sp³-hybridized carbons (Fsp3) is 0.500. The first kappa shape index (κ1) is 17.6. The molecule has 0 aromatic heterocycles. The number of halogens is 2. The van der Waals surface area contributed by atoms with Crippen LogP contribution in [-0.2, 0) is 21.1 Å². The molecule has 0 aliphatic heterocycles. The number of hydrogen-bond donors (Lipinski definition) is 0. The van der Waals surface area contributed by atoms with E-state index in [0.29, 0.717) is 5.56 Å². The van der Waals surface area contributed by atoms with Gasteiger partial charge in [-0.1, -0.05) is 19.1 Å². The first-order chi connectivity index (χ1) is 9.70. The lowest BCUT2D eigenvalue weighted by molar-refractivity contribution is -0.131. The fourth-order valence-electron chi connectivity index (χ4n) is 1.72. The van der Waals surface area contributed by atoms with Crippen molar-refractivity contribution in [2.24, 2.45) is 0 Å². The second kappa shape index (κ2) is 6.98. The summed E-state index contributed by atoms with van der Waals surface area (Å²) in [6.07, 6.45) is 0.934. The van der Waals surface area contributed by atoms with Crippen molar-refractivity contribution in [2.45, 2.75) is 43.4 Å². The highest BCUT2D eigenvalue weighted by Crippen LogP contribution is 2.19. The molecule has 1 aromatic carbocycles. The summed E-state index contributed by atoms with van der Waals surface area (Å²) in [5, 5.41) is 0. The molecule has 1 aromatic rings. The molecule has 0 aliphatic rings. The molecule has 118 valence electrons. The van der Waals surface area contributed by atoms with Gasteiger partial charge in [-0.2, -0.15) is 8.78 Å². The highest BCUT2D eigenvalue weighted by Gasteiger charge is 2.26. The molecule has 0 N–H and O–H groups in total. The first-order valence-corrected chi connectivity index (χ1v) is 8.11. The average Bonchev–Trinajstić information content (AvgIpc) is 2.45. The van der Waals surface area contributed by atoms with Crippen LogP contribution < -0.4 is 0 Å². The zero-order chi connectivity index (χ0) is 16.2. The molecular weight excluding hydrogens is 300 g/mol. The molecule has 0 fully saturated rings. The van der Waals surface area contributed by atoms with Gasteiger partial charge in [-0.05, 0) is 31.0 Å². The number of alkyl halides is 2. The average molecular weight is 319 g/mol. The second-order valence-electron chi connectivity index (χ2n) is 4.89. The Labute approximate surface area is 123 Å². The number of nitrogens with zero attached hydrogens (tertiary/aromatic N) is 1. The molecule has 1 rings (SSSR count). The lowest BCUT2D eigenvalue weighted by Crippen LogP contribution is -2.35. The van der Waals surface area contributed by atoms with Crippen LogP contribution in [0.4, 0.5) is 8.78 Å². The fourth-order valence-corrected chi connectivity index (χ4v) is 2.44. The van der Waals surface area contributed by atoms with E-state index in [0.717, 1.165) is 18.6 Å². The summed E-state index contributed by atoms with van der Waals surface area (Å²) in [7, 11) is -2.88. The van der Waals surface area contributed by atoms with Gasteiger partial charge in [0.05, 0.1) is 11.3 Å². The van der Waals surface area contributed by atoms with Gasteiger partial charge in [-0.3, -0.25) is 4.79 Å². The smallest absolute Gasteiger partial charge is 0.341 e. The molecule has 4 nitrogen and oxygen atoms in total. The zero-order valence-corrected chi connectivity index (χ0v) is 13.0. The number of benzene rings is 1. The third-order valence-corrected chi connectivity index (χ3v) is 4.89. The summed E-state index contributed by atoms with van der Waals surface area (Å²) < 4.78 is 47.3. The zero-order valence-electron chi connectivity index (χ0n) is 12.2. The Bertz CT molecular complexity index is 585. The van der Waals surface area contributed by atoms with Gasteiger partial charge >= 0.3 is 5.76 Å². The first-order valence-electron chi connectivity index (χ1n) is 6.56. The van der Waals surface area contributed by atoms with E-state index in [9.17, 15) is 22.0 Å². The van der Waals surface area contributed by atoms with E-state index in [4.69, 9.17) is 0 Å². The van der Waals surface area contributed by atoms with Crippen LogP contribution in [0.15, 0.2) is 29.2 Å². The van der Waals surface area contributed by atoms with Gasteiger partial charge in [0.1, 0.15) is 0 Å². The van der Waals surface area contributed by atoms with Crippen molar-refractivity contribution in [3.05, 3.63) is 29.8 Å². The van der Waals surface area contributed by atoms with Crippen LogP contribution in [0, 0.1) is 0 Å². The number of likely N-dealkylation sites (N-methyl/N-ethyl adjacent to an activating group) is 1. The Morgan fingerprint density at radius 2 is 1.76 bits per heavy atom. The van der Waals surface area contributed by atoms with Crippen LogP contribution in [0.2, 0.25) is 0 Å². The molecule has 0 bridgehead atoms. The molecule has 0 saturated heterocycles. The van der Waals surface area contributed by atoms with Gasteiger partial charge in [-0.15, -0.1) is 0 Å². The molecule has 7 heteroatoms. The molecule has 0 aliphatic carbocycles. The maximum absolute atomic E-state index is 12.4. The van der Waals surface area contributed by atoms with Crippen LogP contribution in [0.1, 0.15) is 25.8 Å². The molecule has 21 heavy (non-hydrogen) atoms. The van der Waals surface area contributed by atoms with Crippen molar-refractivity contribution in [2.75, 3.05) is 7.05 Å². The third-order valence-electron chi connectivity index (χ3n) is 3.49. The lowest BCUT2D eigenvalue weighted by Gasteiger charge is -2.23. The van der Waals surface area contributed by atoms with Gasteiger partial charge in [-0.25, -0.2) is 8.42 Å². The summed E-state index contributed by atoms with van der Waals surface area (Å²) in [5.41, 5.74) is 0.586. The Morgan fingerprint density at radius 3 is 2.19 bits per heavy atom. The normalized spacial score (nSPS) is 13.2. The van der Waals surface area contributed by atoms with Crippen LogP contribution >= 0.6 is 0 Å². The SMILES string of the molecule is CC[C@H](C)N(C)C(=O)Cc1ccc(S(=O)(=O)C(F)F)cc1. The molecule has 0 heterocycles. The molecule has 0 radical (unpaired) electrons. The lowest BCUT2D eigenvalue weighted by atomic mass is 10.1. The van der Waals surface area contributed by atoms with E-state index in [2.05, 4.69) is 0 Å². The number of carbonyl (C=O) groups excluding carboxylic acids is 1. The predicted molar refractivity (Wildman–Crippen MR) is 75.9 cm³/mol. The van der Waals surface area contributed by atoms with E-state index in [-0.39, 0.29) is 18.4 Å². The molecular formula is C14H19F2NO3S. The largest absolute Gasteiger partial charge is 0.343 e. The van der Waals surface area contributed by atoms with Crippen LogP contribution in [0.25, 0.3) is 0 Å². The van der Waals surface area contributed by atoms with Crippen molar-refractivity contribution in [3.8, 4) is 0 Å². The van der Waals surface area contributed by atoms with Gasteiger partial charge in [0.2, 0.25) is 15.7 Å². The monoisotopic (exact) mass is 319 g/mol. The minimum Gasteiger partial charge on any atom is -0.343 e. The van der Waals surface area contributed by atoms with Crippen molar-refractivity contribution in [1.82, 2.24) is 4.90 Å². The molecule has 1 amide bonds. The number of amides is 1. The number of rotatable bonds is 6. The summed E-state index contributed by atoms with van der Waals surface area (Å²) in [6.45, 7) is 3.90. The van der Waals surface area contributed by atoms with Gasteiger partial charge in [0.25, 0.3) is 0 Å². The standard InChI is InChI=1S/C14H19F2NO3S/c1-4-10(2)17(3)13(18)9-11-5-7-12(8-6-11)21(19,20)14(15)16/h5-8,10,14H,4,9H2,1-3H3/t10-/m0/s1. The highest BCUT2D eigenvalue weighted by molar-refractivity contribution is 7.91. The maximum atomic E-state index is 12.4. The minimum absolute atomic E-state index is 0.103. The van der Waals surface area contributed by atoms with Crippen LogP contribution in [0.5, 0.6) is 0 Å². The Morgan fingerprint density at radius 1 is 1.24 bits per heavy atom. The highest BCUT2D eigenvalue weighted by atomic mass is 32.2. The summed E-state index contributed by atoms with van der Waals surface area (Å²) >= 11 is 0. The predicted octanol–water partition coefficient (Wildman–Crippen LogP) is 2.48. The summed E-state index contributed by atoms with van der Waals surface area (Å²) in [5.74, 6) is -3.55. The summed E-state index contributed by atoms with van der Waals surface area (Å²) in [4.78, 5) is 13.2. The van der Waals surface area contributed by atoms with Gasteiger partial charge in [0, 0.05) is 13.1 Å². The van der Waals surface area contributed by atoms with Crippen LogP contribution in [-0.4, -0.2) is 38.1 Å². The maximum Gasteiger partial charge on any atom is 0.341 e. The minimum atomic E-state index is -4.58. The van der Waals surface area contributed by atoms with Gasteiger partial charge < -0.3 is 4.90 Å². The Kier molecular flexibility index (Phi) is 5.83. The number of hydrogen-bond acceptors (Lipinski definition) is 3. The third kappa shape index (κ3) is 4.23. The van der Waals surface area contributed by atoms with Crippen molar-refractivity contribution < 1.29 is 22.0 Å². The second-order valence-corrected chi connectivity index (χ2v) is 6.81. The summed E-state index contributed by atoms with van der Waals surface area (Å²) in [6, 6.07) is 5.09. The molecule has 0 spiro atoms. The van der Waals surface area contributed by atoms with Gasteiger partial charge in [0.15, 0.2) is 0 Å². The van der Waals surface area contributed by atoms with E-state index in [1.165, 1.54) is 12.1 Å². The Hall–Kier alpha value is -1.50. The number of sulfone groups is 1. The number of carbonyl (C=O) groups is 1. The molecule has 0 saturated carbocycles. The quantitative estimate of drug-likeness (QED) is 0.809. The van der Waals surface area contributed by atoms with Crippen LogP contribution in [0.3, 0.4) is 0 Å². The van der Waals surface area contributed by atoms with E-state index in [1.807, 2.05) is 13.8 Å². The Balaban J connectivity index is 2.83. The molecule has 1 atom stereocenters. The van der Waals surface area contributed by atoms with E-state index in [1.54, 1.807) is 11.9 Å². The van der Waals surface area contributed by atoms with Crippen molar-refractivity contribution >= 4 is 15.7 Å². The van der Waals surface area contributed by atoms with E-state index < -0.39 is 20.5 Å². The van der Waals surface area contributed by atoms with Crippen molar-refractivity contribution in [3.63, 3.8) is 0 Å². The van der Waals surface area contributed by atoms with Crippen molar-refractivity contribution in [1.29, 1.82) is 0 Å².